The molecule has 0 aromatic heterocycles. The molecule has 116 valence electrons. The van der Waals surface area contributed by atoms with E-state index in [1.807, 2.05) is 31.2 Å². The predicted octanol–water partition coefficient (Wildman–Crippen LogP) is 1.92. The van der Waals surface area contributed by atoms with Crippen molar-refractivity contribution in [1.29, 1.82) is 0 Å². The highest BCUT2D eigenvalue weighted by molar-refractivity contribution is 7.91. The van der Waals surface area contributed by atoms with Crippen LogP contribution in [0, 0.1) is 6.92 Å². The van der Waals surface area contributed by atoms with Gasteiger partial charge in [-0.3, -0.25) is 0 Å². The van der Waals surface area contributed by atoms with E-state index in [9.17, 15) is 13.2 Å². The van der Waals surface area contributed by atoms with Gasteiger partial charge in [-0.15, -0.1) is 0 Å². The number of sulfone groups is 1. The number of esters is 1. The van der Waals surface area contributed by atoms with Crippen LogP contribution < -0.4 is 5.32 Å². The maximum absolute atomic E-state index is 12.3. The summed E-state index contributed by atoms with van der Waals surface area (Å²) in [5.41, 5.74) is 0.623. The second-order valence-corrected chi connectivity index (χ2v) is 7.89. The number of carbonyl (C=O) groups excluding carboxylic acids is 1. The predicted molar refractivity (Wildman–Crippen MR) is 82.0 cm³/mol. The zero-order valence-electron chi connectivity index (χ0n) is 12.5. The number of rotatable bonds is 4. The van der Waals surface area contributed by atoms with Crippen LogP contribution in [-0.2, 0) is 19.4 Å². The topological polar surface area (TPSA) is 72.5 Å². The highest BCUT2D eigenvalue weighted by Gasteiger charge is 2.54. The van der Waals surface area contributed by atoms with Gasteiger partial charge < -0.3 is 10.1 Å². The van der Waals surface area contributed by atoms with Crippen molar-refractivity contribution in [2.75, 3.05) is 18.7 Å². The molecule has 0 spiro atoms. The fraction of sp³-hybridized carbons (Fsp3) is 0.533. The van der Waals surface area contributed by atoms with Crippen molar-refractivity contribution >= 4 is 21.5 Å². The van der Waals surface area contributed by atoms with Crippen molar-refractivity contribution in [1.82, 2.24) is 0 Å². The maximum Gasteiger partial charge on any atom is 0.332 e. The van der Waals surface area contributed by atoms with Crippen molar-refractivity contribution in [2.24, 2.45) is 0 Å². The summed E-state index contributed by atoms with van der Waals surface area (Å²) in [5, 5.41) is 2.37. The summed E-state index contributed by atoms with van der Waals surface area (Å²) in [6.45, 7) is 1.97. The highest BCUT2D eigenvalue weighted by atomic mass is 32.2. The van der Waals surface area contributed by atoms with Gasteiger partial charge in [-0.1, -0.05) is 17.7 Å². The van der Waals surface area contributed by atoms with Crippen LogP contribution in [0.15, 0.2) is 24.3 Å². The number of aryl methyl sites for hydroxylation is 1. The zero-order chi connectivity index (χ0) is 15.7. The van der Waals surface area contributed by atoms with Crippen LogP contribution in [-0.4, -0.2) is 38.5 Å². The Labute approximate surface area is 125 Å². The SMILES string of the molecule is COC(=O)C1(Nc2ccc(C)cc2)CCCC1S(C)(=O)=O. The number of hydrogen-bond acceptors (Lipinski definition) is 5. The first-order valence-corrected chi connectivity index (χ1v) is 8.87. The largest absolute Gasteiger partial charge is 0.467 e. The Morgan fingerprint density at radius 1 is 1.33 bits per heavy atom. The maximum atomic E-state index is 12.3. The molecule has 2 rings (SSSR count). The van der Waals surface area contributed by atoms with Crippen LogP contribution in [0.4, 0.5) is 5.69 Å². The summed E-state index contributed by atoms with van der Waals surface area (Å²) in [4.78, 5) is 12.3. The van der Waals surface area contributed by atoms with Crippen molar-refractivity contribution in [3.63, 3.8) is 0 Å². The van der Waals surface area contributed by atoms with E-state index in [4.69, 9.17) is 4.74 Å². The summed E-state index contributed by atoms with van der Waals surface area (Å²) >= 11 is 0. The van der Waals surface area contributed by atoms with E-state index in [0.717, 1.165) is 11.3 Å². The lowest BCUT2D eigenvalue weighted by Gasteiger charge is -2.33. The van der Waals surface area contributed by atoms with E-state index in [0.29, 0.717) is 19.3 Å². The van der Waals surface area contributed by atoms with Crippen LogP contribution in [0.3, 0.4) is 0 Å². The van der Waals surface area contributed by atoms with E-state index >= 15 is 0 Å². The van der Waals surface area contributed by atoms with Gasteiger partial charge in [0.1, 0.15) is 0 Å². The number of methoxy groups -OCH3 is 1. The number of ether oxygens (including phenoxy) is 1. The van der Waals surface area contributed by atoms with Gasteiger partial charge in [-0.25, -0.2) is 13.2 Å². The van der Waals surface area contributed by atoms with Crippen LogP contribution in [0.25, 0.3) is 0 Å². The van der Waals surface area contributed by atoms with Crippen molar-refractivity contribution in [3.05, 3.63) is 29.8 Å². The van der Waals surface area contributed by atoms with Gasteiger partial charge in [0.2, 0.25) is 0 Å². The average molecular weight is 311 g/mol. The number of nitrogens with one attached hydrogen (secondary N) is 1. The molecule has 1 aromatic rings. The van der Waals surface area contributed by atoms with Gasteiger partial charge in [0, 0.05) is 11.9 Å². The molecule has 21 heavy (non-hydrogen) atoms. The second kappa shape index (κ2) is 5.67. The number of hydrogen-bond donors (Lipinski definition) is 1. The molecule has 2 atom stereocenters. The Kier molecular flexibility index (Phi) is 4.27. The zero-order valence-corrected chi connectivity index (χ0v) is 13.4. The van der Waals surface area contributed by atoms with E-state index in [2.05, 4.69) is 5.32 Å². The van der Waals surface area contributed by atoms with Gasteiger partial charge in [0.25, 0.3) is 0 Å². The molecule has 5 nitrogen and oxygen atoms in total. The fourth-order valence-electron chi connectivity index (χ4n) is 3.06. The molecule has 0 aliphatic heterocycles. The molecule has 2 unspecified atom stereocenters. The molecule has 0 radical (unpaired) electrons. The molecule has 1 aromatic carbocycles. The summed E-state index contributed by atoms with van der Waals surface area (Å²) < 4.78 is 29.0. The first-order chi connectivity index (χ1) is 9.79. The Hall–Kier alpha value is -1.56. The first-order valence-electron chi connectivity index (χ1n) is 6.92. The van der Waals surface area contributed by atoms with Gasteiger partial charge in [-0.05, 0) is 38.3 Å². The van der Waals surface area contributed by atoms with Crippen LogP contribution in [0.5, 0.6) is 0 Å². The van der Waals surface area contributed by atoms with Crippen molar-refractivity contribution in [2.45, 2.75) is 37.0 Å². The number of anilines is 1. The lowest BCUT2D eigenvalue weighted by Crippen LogP contribution is -2.55. The second-order valence-electron chi connectivity index (χ2n) is 5.66. The highest BCUT2D eigenvalue weighted by Crippen LogP contribution is 2.38. The molecule has 1 N–H and O–H groups in total. The van der Waals surface area contributed by atoms with E-state index < -0.39 is 26.6 Å². The summed E-state index contributed by atoms with van der Waals surface area (Å²) in [5.74, 6) is -0.518. The Morgan fingerprint density at radius 3 is 2.48 bits per heavy atom. The minimum absolute atomic E-state index is 0.450. The van der Waals surface area contributed by atoms with Gasteiger partial charge >= 0.3 is 5.97 Å². The first kappa shape index (κ1) is 15.8. The third-order valence-corrected chi connectivity index (χ3v) is 5.74. The molecule has 0 bridgehead atoms. The van der Waals surface area contributed by atoms with Crippen molar-refractivity contribution < 1.29 is 17.9 Å². The molecule has 0 saturated heterocycles. The summed E-state index contributed by atoms with van der Waals surface area (Å²) in [6.07, 6.45) is 2.77. The molecule has 6 heteroatoms. The smallest absolute Gasteiger partial charge is 0.332 e. The van der Waals surface area contributed by atoms with Crippen LogP contribution in [0.1, 0.15) is 24.8 Å². The van der Waals surface area contributed by atoms with Crippen LogP contribution >= 0.6 is 0 Å². The molecule has 1 aliphatic rings. The van der Waals surface area contributed by atoms with Gasteiger partial charge in [-0.2, -0.15) is 0 Å². The van der Waals surface area contributed by atoms with Crippen molar-refractivity contribution in [3.8, 4) is 0 Å². The van der Waals surface area contributed by atoms with E-state index in [1.54, 1.807) is 0 Å². The average Bonchev–Trinajstić information content (AvgIpc) is 2.85. The molecule has 1 saturated carbocycles. The summed E-state index contributed by atoms with van der Waals surface area (Å²) in [7, 11) is -2.07. The minimum Gasteiger partial charge on any atom is -0.467 e. The Bertz CT molecular complexity index is 624. The van der Waals surface area contributed by atoms with Gasteiger partial charge in [0.15, 0.2) is 15.4 Å². The minimum atomic E-state index is -3.36. The van der Waals surface area contributed by atoms with Gasteiger partial charge in [0.05, 0.1) is 12.4 Å². The monoisotopic (exact) mass is 311 g/mol. The molecule has 1 fully saturated rings. The third kappa shape index (κ3) is 3.05. The molecular formula is C15H21NO4S. The molecular weight excluding hydrogens is 290 g/mol. The lowest BCUT2D eigenvalue weighted by molar-refractivity contribution is -0.145. The lowest BCUT2D eigenvalue weighted by atomic mass is 9.96. The molecule has 0 heterocycles. The normalized spacial score (nSPS) is 25.6. The molecule has 1 aliphatic carbocycles. The quantitative estimate of drug-likeness (QED) is 0.860. The Balaban J connectivity index is 2.42. The number of carbonyl (C=O) groups is 1. The third-order valence-electron chi connectivity index (χ3n) is 4.07. The number of benzene rings is 1. The standard InChI is InChI=1S/C15H21NO4S/c1-11-6-8-12(9-7-11)16-15(14(17)20-2)10-4-5-13(15)21(3,18)19/h6-9,13,16H,4-5,10H2,1-3H3. The molecule has 0 amide bonds. The Morgan fingerprint density at radius 2 is 1.95 bits per heavy atom. The van der Waals surface area contributed by atoms with E-state index in [1.165, 1.54) is 13.4 Å². The van der Waals surface area contributed by atoms with E-state index in [-0.39, 0.29) is 0 Å². The summed E-state index contributed by atoms with van der Waals surface area (Å²) in [6, 6.07) is 7.52. The van der Waals surface area contributed by atoms with Crippen LogP contribution in [0.2, 0.25) is 0 Å². The fourth-order valence-corrected chi connectivity index (χ4v) is 4.66.